The van der Waals surface area contributed by atoms with Crippen LogP contribution in [0.1, 0.15) is 5.56 Å². The van der Waals surface area contributed by atoms with Crippen molar-refractivity contribution in [1.29, 1.82) is 0 Å². The standard InChI is InChI=1S/C12H9ClN2O3/c13-10-5-4-9(11(7-10)15(17)18)8-14-6-2-1-3-12(14)16/h1-7H,8H2. The predicted octanol–water partition coefficient (Wildman–Crippen LogP) is 2.46. The normalized spacial score (nSPS) is 10.3. The van der Waals surface area contributed by atoms with E-state index in [1.54, 1.807) is 30.5 Å². The Balaban J connectivity index is 2.44. The van der Waals surface area contributed by atoms with E-state index in [0.717, 1.165) is 0 Å². The molecule has 1 heterocycles. The third-order valence-corrected chi connectivity index (χ3v) is 2.72. The molecule has 0 amide bonds. The first-order valence-electron chi connectivity index (χ1n) is 5.16. The van der Waals surface area contributed by atoms with Gasteiger partial charge < -0.3 is 4.57 Å². The zero-order valence-electron chi connectivity index (χ0n) is 9.25. The molecule has 0 aliphatic heterocycles. The lowest BCUT2D eigenvalue weighted by Crippen LogP contribution is -2.18. The minimum atomic E-state index is -0.505. The van der Waals surface area contributed by atoms with Gasteiger partial charge in [-0.05, 0) is 18.2 Å². The van der Waals surface area contributed by atoms with E-state index in [1.165, 1.54) is 16.7 Å². The minimum Gasteiger partial charge on any atom is -0.311 e. The van der Waals surface area contributed by atoms with Crippen LogP contribution in [0.4, 0.5) is 5.69 Å². The molecular formula is C12H9ClN2O3. The van der Waals surface area contributed by atoms with Crippen molar-refractivity contribution in [1.82, 2.24) is 4.57 Å². The number of nitro benzene ring substituents is 1. The fourth-order valence-electron chi connectivity index (χ4n) is 1.62. The van der Waals surface area contributed by atoms with Crippen LogP contribution in [0.25, 0.3) is 0 Å². The second kappa shape index (κ2) is 5.01. The maximum atomic E-state index is 11.5. The lowest BCUT2D eigenvalue weighted by Gasteiger charge is -2.06. The SMILES string of the molecule is O=c1ccccn1Cc1ccc(Cl)cc1[N+](=O)[O-]. The quantitative estimate of drug-likeness (QED) is 0.632. The van der Waals surface area contributed by atoms with Crippen LogP contribution in [0.2, 0.25) is 5.02 Å². The predicted molar refractivity (Wildman–Crippen MR) is 67.9 cm³/mol. The lowest BCUT2D eigenvalue weighted by molar-refractivity contribution is -0.385. The monoisotopic (exact) mass is 264 g/mol. The number of pyridine rings is 1. The summed E-state index contributed by atoms with van der Waals surface area (Å²) in [6.45, 7) is 0.146. The fourth-order valence-corrected chi connectivity index (χ4v) is 1.78. The number of benzene rings is 1. The molecule has 0 spiro atoms. The Morgan fingerprint density at radius 1 is 1.28 bits per heavy atom. The number of nitrogens with zero attached hydrogens (tertiary/aromatic N) is 2. The highest BCUT2D eigenvalue weighted by atomic mass is 35.5. The summed E-state index contributed by atoms with van der Waals surface area (Å²) in [5.41, 5.74) is 0.151. The molecule has 0 fully saturated rings. The van der Waals surface area contributed by atoms with Gasteiger partial charge in [0.15, 0.2) is 0 Å². The van der Waals surface area contributed by atoms with Gasteiger partial charge in [-0.25, -0.2) is 0 Å². The summed E-state index contributed by atoms with van der Waals surface area (Å²) in [6, 6.07) is 9.13. The van der Waals surface area contributed by atoms with Crippen molar-refractivity contribution < 1.29 is 4.92 Å². The van der Waals surface area contributed by atoms with Gasteiger partial charge in [0.2, 0.25) is 0 Å². The molecule has 92 valence electrons. The van der Waals surface area contributed by atoms with E-state index in [2.05, 4.69) is 0 Å². The van der Waals surface area contributed by atoms with Gasteiger partial charge in [-0.15, -0.1) is 0 Å². The molecule has 1 aromatic carbocycles. The molecule has 6 heteroatoms. The number of aromatic nitrogens is 1. The fraction of sp³-hybridized carbons (Fsp3) is 0.0833. The first-order chi connectivity index (χ1) is 8.58. The van der Waals surface area contributed by atoms with Crippen LogP contribution in [-0.4, -0.2) is 9.49 Å². The molecule has 0 unspecified atom stereocenters. The highest BCUT2D eigenvalue weighted by Crippen LogP contribution is 2.23. The summed E-state index contributed by atoms with van der Waals surface area (Å²) in [4.78, 5) is 21.9. The van der Waals surface area contributed by atoms with Crippen LogP contribution in [-0.2, 0) is 6.54 Å². The first-order valence-corrected chi connectivity index (χ1v) is 5.54. The number of nitro groups is 1. The van der Waals surface area contributed by atoms with E-state index in [9.17, 15) is 14.9 Å². The Labute approximate surface area is 107 Å². The van der Waals surface area contributed by atoms with Crippen LogP contribution in [0.3, 0.4) is 0 Å². The third kappa shape index (κ3) is 2.57. The van der Waals surface area contributed by atoms with Gasteiger partial charge >= 0.3 is 0 Å². The van der Waals surface area contributed by atoms with Gasteiger partial charge in [-0.1, -0.05) is 17.7 Å². The minimum absolute atomic E-state index is 0.0850. The van der Waals surface area contributed by atoms with Gasteiger partial charge in [0.1, 0.15) is 0 Å². The summed E-state index contributed by atoms with van der Waals surface area (Å²) in [5.74, 6) is 0. The molecule has 0 aliphatic rings. The van der Waals surface area contributed by atoms with Crippen molar-refractivity contribution in [2.75, 3.05) is 0 Å². The van der Waals surface area contributed by atoms with Crippen LogP contribution < -0.4 is 5.56 Å². The first kappa shape index (κ1) is 12.3. The summed E-state index contributed by atoms with van der Waals surface area (Å²) in [7, 11) is 0. The van der Waals surface area contributed by atoms with Crippen molar-refractivity contribution in [3.05, 3.63) is 73.6 Å². The number of hydrogen-bond acceptors (Lipinski definition) is 3. The lowest BCUT2D eigenvalue weighted by atomic mass is 10.2. The van der Waals surface area contributed by atoms with Crippen molar-refractivity contribution in [3.8, 4) is 0 Å². The Kier molecular flexibility index (Phi) is 3.43. The van der Waals surface area contributed by atoms with Crippen LogP contribution >= 0.6 is 11.6 Å². The molecule has 1 aromatic heterocycles. The molecular weight excluding hydrogens is 256 g/mol. The summed E-state index contributed by atoms with van der Waals surface area (Å²) < 4.78 is 1.40. The Morgan fingerprint density at radius 2 is 2.06 bits per heavy atom. The van der Waals surface area contributed by atoms with E-state index in [-0.39, 0.29) is 17.8 Å². The maximum Gasteiger partial charge on any atom is 0.275 e. The summed E-state index contributed by atoms with van der Waals surface area (Å²) >= 11 is 5.72. The van der Waals surface area contributed by atoms with E-state index >= 15 is 0 Å². The second-order valence-corrected chi connectivity index (χ2v) is 4.13. The van der Waals surface area contributed by atoms with E-state index < -0.39 is 4.92 Å². The van der Waals surface area contributed by atoms with Crippen LogP contribution in [0, 0.1) is 10.1 Å². The molecule has 18 heavy (non-hydrogen) atoms. The summed E-state index contributed by atoms with van der Waals surface area (Å²) in [6.07, 6.45) is 1.58. The smallest absolute Gasteiger partial charge is 0.275 e. The van der Waals surface area contributed by atoms with Gasteiger partial charge in [0.05, 0.1) is 11.5 Å². The molecule has 0 saturated carbocycles. The molecule has 0 N–H and O–H groups in total. The van der Waals surface area contributed by atoms with Gasteiger partial charge in [-0.2, -0.15) is 0 Å². The second-order valence-electron chi connectivity index (χ2n) is 3.70. The van der Waals surface area contributed by atoms with Crippen molar-refractivity contribution in [2.24, 2.45) is 0 Å². The Morgan fingerprint density at radius 3 is 2.72 bits per heavy atom. The van der Waals surface area contributed by atoms with Gasteiger partial charge in [0, 0.05) is 28.9 Å². The van der Waals surface area contributed by atoms with E-state index in [1.807, 2.05) is 0 Å². The topological polar surface area (TPSA) is 65.1 Å². The molecule has 0 atom stereocenters. The molecule has 0 radical (unpaired) electrons. The zero-order chi connectivity index (χ0) is 13.1. The zero-order valence-corrected chi connectivity index (χ0v) is 10.0. The van der Waals surface area contributed by atoms with Gasteiger partial charge in [-0.3, -0.25) is 14.9 Å². The molecule has 2 rings (SSSR count). The van der Waals surface area contributed by atoms with E-state index in [4.69, 9.17) is 11.6 Å². The Bertz CT molecular complexity index is 652. The van der Waals surface area contributed by atoms with Crippen molar-refractivity contribution in [2.45, 2.75) is 6.54 Å². The number of rotatable bonds is 3. The Hall–Kier alpha value is -2.14. The van der Waals surface area contributed by atoms with Crippen LogP contribution in [0.5, 0.6) is 0 Å². The average Bonchev–Trinajstić information content (AvgIpc) is 2.34. The number of hydrogen-bond donors (Lipinski definition) is 0. The van der Waals surface area contributed by atoms with Crippen molar-refractivity contribution >= 4 is 17.3 Å². The molecule has 5 nitrogen and oxygen atoms in total. The third-order valence-electron chi connectivity index (χ3n) is 2.48. The molecule has 0 aliphatic carbocycles. The summed E-state index contributed by atoms with van der Waals surface area (Å²) in [5, 5.41) is 11.2. The maximum absolute atomic E-state index is 11.5. The van der Waals surface area contributed by atoms with Gasteiger partial charge in [0.25, 0.3) is 11.2 Å². The highest BCUT2D eigenvalue weighted by molar-refractivity contribution is 6.30. The number of halogens is 1. The highest BCUT2D eigenvalue weighted by Gasteiger charge is 2.14. The molecule has 2 aromatic rings. The molecule has 0 saturated heterocycles. The van der Waals surface area contributed by atoms with Crippen LogP contribution in [0.15, 0.2) is 47.4 Å². The molecule has 0 bridgehead atoms. The van der Waals surface area contributed by atoms with Crippen molar-refractivity contribution in [3.63, 3.8) is 0 Å². The largest absolute Gasteiger partial charge is 0.311 e. The average molecular weight is 265 g/mol. The van der Waals surface area contributed by atoms with E-state index in [0.29, 0.717) is 10.6 Å².